The third kappa shape index (κ3) is 2.69. The van der Waals surface area contributed by atoms with Crippen molar-refractivity contribution in [2.75, 3.05) is 19.8 Å². The summed E-state index contributed by atoms with van der Waals surface area (Å²) >= 11 is 0. The van der Waals surface area contributed by atoms with Crippen molar-refractivity contribution in [1.29, 1.82) is 0 Å². The predicted molar refractivity (Wildman–Crippen MR) is 91.8 cm³/mol. The van der Waals surface area contributed by atoms with Gasteiger partial charge in [-0.3, -0.25) is 4.79 Å². The third-order valence-electron chi connectivity index (χ3n) is 5.82. The van der Waals surface area contributed by atoms with Gasteiger partial charge < -0.3 is 18.9 Å². The number of benzene rings is 1. The van der Waals surface area contributed by atoms with Gasteiger partial charge in [0.15, 0.2) is 11.5 Å². The van der Waals surface area contributed by atoms with Crippen molar-refractivity contribution in [1.82, 2.24) is 0 Å². The minimum Gasteiger partial charge on any atom is -0.490 e. The highest BCUT2D eigenvalue weighted by molar-refractivity contribution is 5.74. The van der Waals surface area contributed by atoms with Gasteiger partial charge in [0.05, 0.1) is 18.6 Å². The Labute approximate surface area is 148 Å². The maximum absolute atomic E-state index is 12.7. The number of hydrogen-bond donors (Lipinski definition) is 0. The van der Waals surface area contributed by atoms with E-state index in [-0.39, 0.29) is 29.5 Å². The van der Waals surface area contributed by atoms with E-state index >= 15 is 0 Å². The van der Waals surface area contributed by atoms with E-state index < -0.39 is 0 Å². The Bertz CT molecular complexity index is 668. The van der Waals surface area contributed by atoms with Gasteiger partial charge in [-0.1, -0.05) is 26.0 Å². The summed E-state index contributed by atoms with van der Waals surface area (Å²) in [5, 5.41) is 0. The summed E-state index contributed by atoms with van der Waals surface area (Å²) in [6, 6.07) is 5.83. The van der Waals surface area contributed by atoms with Gasteiger partial charge in [0.2, 0.25) is 0 Å². The minimum absolute atomic E-state index is 0.0522. The molecule has 1 saturated carbocycles. The van der Waals surface area contributed by atoms with Crippen molar-refractivity contribution < 1.29 is 23.7 Å². The van der Waals surface area contributed by atoms with Crippen LogP contribution in [0.1, 0.15) is 32.8 Å². The van der Waals surface area contributed by atoms with E-state index in [9.17, 15) is 4.79 Å². The van der Waals surface area contributed by atoms with Gasteiger partial charge in [0.25, 0.3) is 0 Å². The minimum atomic E-state index is -0.262. The maximum Gasteiger partial charge on any atom is 0.313 e. The van der Waals surface area contributed by atoms with Crippen LogP contribution in [0.15, 0.2) is 18.2 Å². The van der Waals surface area contributed by atoms with E-state index in [4.69, 9.17) is 18.9 Å². The number of rotatable bonds is 4. The van der Waals surface area contributed by atoms with Gasteiger partial charge in [-0.05, 0) is 31.4 Å². The molecule has 0 bridgehead atoms. The second-order valence-corrected chi connectivity index (χ2v) is 7.81. The molecule has 2 heterocycles. The van der Waals surface area contributed by atoms with Gasteiger partial charge >= 0.3 is 5.97 Å². The topological polar surface area (TPSA) is 54.0 Å². The van der Waals surface area contributed by atoms with Crippen molar-refractivity contribution in [2.24, 2.45) is 17.3 Å². The summed E-state index contributed by atoms with van der Waals surface area (Å²) in [4.78, 5) is 12.7. The smallest absolute Gasteiger partial charge is 0.313 e. The first-order valence-electron chi connectivity index (χ1n) is 9.22. The fourth-order valence-corrected chi connectivity index (χ4v) is 4.55. The van der Waals surface area contributed by atoms with E-state index in [2.05, 4.69) is 13.8 Å². The second-order valence-electron chi connectivity index (χ2n) is 7.81. The molecule has 1 aliphatic carbocycles. The van der Waals surface area contributed by atoms with Crippen LogP contribution in [0.25, 0.3) is 0 Å². The zero-order valence-corrected chi connectivity index (χ0v) is 15.1. The molecule has 1 aromatic carbocycles. The van der Waals surface area contributed by atoms with Gasteiger partial charge in [0, 0.05) is 17.9 Å². The van der Waals surface area contributed by atoms with Crippen molar-refractivity contribution in [3.63, 3.8) is 0 Å². The molecule has 2 fully saturated rings. The molecular formula is C20H26O5. The Morgan fingerprint density at radius 2 is 2.20 bits per heavy atom. The Morgan fingerprint density at radius 3 is 3.00 bits per heavy atom. The molecule has 0 N–H and O–H groups in total. The van der Waals surface area contributed by atoms with Crippen LogP contribution in [-0.2, 0) is 20.7 Å². The molecule has 0 spiro atoms. The van der Waals surface area contributed by atoms with E-state index in [0.29, 0.717) is 25.6 Å². The predicted octanol–water partition coefficient (Wildman–Crippen LogP) is 2.99. The van der Waals surface area contributed by atoms with E-state index in [1.807, 2.05) is 25.1 Å². The van der Waals surface area contributed by atoms with Crippen LogP contribution >= 0.6 is 0 Å². The average Bonchev–Trinajstić information content (AvgIpc) is 3.07. The molecule has 0 aromatic heterocycles. The molecular weight excluding hydrogens is 320 g/mol. The fourth-order valence-electron chi connectivity index (χ4n) is 4.55. The Morgan fingerprint density at radius 1 is 1.36 bits per heavy atom. The molecule has 2 aliphatic heterocycles. The first-order chi connectivity index (χ1) is 12.0. The number of hydrogen-bond acceptors (Lipinski definition) is 5. The van der Waals surface area contributed by atoms with Gasteiger partial charge in [0.1, 0.15) is 12.7 Å². The van der Waals surface area contributed by atoms with Crippen molar-refractivity contribution in [2.45, 2.75) is 45.8 Å². The summed E-state index contributed by atoms with van der Waals surface area (Å²) in [6.07, 6.45) is 1.78. The standard InChI is InChI=1S/C20H26O5/c1-4-22-15-7-5-6-12-10-13(11-24-16(12)15)19(21)25-18-14-8-9-23-17(14)20(18,2)3/h5-7,13-14,17-18H,4,8-11H2,1-3H3/t13-,14+,17-,18-/m1/s1. The lowest BCUT2D eigenvalue weighted by molar-refractivity contribution is -0.213. The van der Waals surface area contributed by atoms with Crippen LogP contribution in [0, 0.1) is 17.3 Å². The molecule has 5 nitrogen and oxygen atoms in total. The van der Waals surface area contributed by atoms with E-state index in [1.165, 1.54) is 0 Å². The zero-order chi connectivity index (χ0) is 17.6. The molecule has 25 heavy (non-hydrogen) atoms. The van der Waals surface area contributed by atoms with E-state index in [0.717, 1.165) is 30.1 Å². The summed E-state index contributed by atoms with van der Waals surface area (Å²) in [6.45, 7) is 7.90. The van der Waals surface area contributed by atoms with Crippen LogP contribution in [0.5, 0.6) is 11.5 Å². The van der Waals surface area contributed by atoms with Crippen molar-refractivity contribution >= 4 is 5.97 Å². The van der Waals surface area contributed by atoms with Crippen LogP contribution in [0.2, 0.25) is 0 Å². The molecule has 4 atom stereocenters. The first kappa shape index (κ1) is 16.7. The SMILES string of the molecule is CCOc1cccc2c1OC[C@H](C(=O)O[C@@H]1[C@H]3CCO[C@H]3C1(C)C)C2. The number of esters is 1. The van der Waals surface area contributed by atoms with Gasteiger partial charge in [-0.15, -0.1) is 0 Å². The summed E-state index contributed by atoms with van der Waals surface area (Å²) in [5.74, 6) is 1.44. The molecule has 0 amide bonds. The normalized spacial score (nSPS) is 32.0. The number of fused-ring (bicyclic) bond motifs is 2. The largest absolute Gasteiger partial charge is 0.490 e. The monoisotopic (exact) mass is 346 g/mol. The van der Waals surface area contributed by atoms with Crippen molar-refractivity contribution in [3.05, 3.63) is 23.8 Å². The second kappa shape index (κ2) is 6.20. The molecule has 136 valence electrons. The molecule has 0 unspecified atom stereocenters. The molecule has 4 rings (SSSR count). The molecule has 3 aliphatic rings. The summed E-state index contributed by atoms with van der Waals surface area (Å²) in [7, 11) is 0. The zero-order valence-electron chi connectivity index (χ0n) is 15.1. The molecule has 0 radical (unpaired) electrons. The molecule has 1 aromatic rings. The van der Waals surface area contributed by atoms with Gasteiger partial charge in [-0.2, -0.15) is 0 Å². The first-order valence-corrected chi connectivity index (χ1v) is 9.22. The number of para-hydroxylation sites is 1. The third-order valence-corrected chi connectivity index (χ3v) is 5.82. The molecule has 1 saturated heterocycles. The van der Waals surface area contributed by atoms with Crippen molar-refractivity contribution in [3.8, 4) is 11.5 Å². The fraction of sp³-hybridized carbons (Fsp3) is 0.650. The summed E-state index contributed by atoms with van der Waals surface area (Å²) < 4.78 is 23.2. The number of ether oxygens (including phenoxy) is 4. The number of carbonyl (C=O) groups excluding carboxylic acids is 1. The highest BCUT2D eigenvalue weighted by Gasteiger charge is 2.61. The number of carbonyl (C=O) groups is 1. The lowest BCUT2D eigenvalue weighted by Gasteiger charge is -2.53. The maximum atomic E-state index is 12.7. The van der Waals surface area contributed by atoms with Crippen LogP contribution < -0.4 is 9.47 Å². The van der Waals surface area contributed by atoms with Crippen LogP contribution in [0.3, 0.4) is 0 Å². The Kier molecular flexibility index (Phi) is 4.14. The highest BCUT2D eigenvalue weighted by Crippen LogP contribution is 2.54. The molecule has 5 heteroatoms. The van der Waals surface area contributed by atoms with Crippen LogP contribution in [-0.4, -0.2) is 38.0 Å². The Balaban J connectivity index is 1.43. The highest BCUT2D eigenvalue weighted by atomic mass is 16.6. The lowest BCUT2D eigenvalue weighted by Crippen LogP contribution is -2.61. The Hall–Kier alpha value is -1.75. The quantitative estimate of drug-likeness (QED) is 0.785. The lowest BCUT2D eigenvalue weighted by atomic mass is 9.59. The summed E-state index contributed by atoms with van der Waals surface area (Å²) in [5.41, 5.74) is 0.904. The average molecular weight is 346 g/mol. The van der Waals surface area contributed by atoms with Crippen LogP contribution in [0.4, 0.5) is 0 Å². The van der Waals surface area contributed by atoms with E-state index in [1.54, 1.807) is 0 Å². The van der Waals surface area contributed by atoms with Gasteiger partial charge in [-0.25, -0.2) is 0 Å².